The molecule has 3 heteroatoms. The van der Waals surface area contributed by atoms with E-state index in [-0.39, 0.29) is 0 Å². The van der Waals surface area contributed by atoms with Crippen LogP contribution in [0.4, 0.5) is 0 Å². The van der Waals surface area contributed by atoms with Crippen LogP contribution in [0.1, 0.15) is 65.2 Å². The largest absolute Gasteiger partial charge is 0.508 e. The van der Waals surface area contributed by atoms with Crippen LogP contribution >= 0.6 is 8.03 Å². The molecule has 90 valence electrons. The molecule has 0 aliphatic carbocycles. The Bertz CT molecular complexity index is 149. The second-order valence-electron chi connectivity index (χ2n) is 4.01. The molecule has 0 bridgehead atoms. The third-order valence-electron chi connectivity index (χ3n) is 2.43. The predicted octanol–water partition coefficient (Wildman–Crippen LogP) is 4.91. The van der Waals surface area contributed by atoms with Crippen LogP contribution in [-0.2, 0) is 9.09 Å². The minimum absolute atomic E-state index is 0.684. The van der Waals surface area contributed by atoms with Gasteiger partial charge >= 0.3 is 8.03 Å². The highest BCUT2D eigenvalue weighted by atomic mass is 31.1. The van der Waals surface area contributed by atoms with Crippen LogP contribution in [-0.4, -0.2) is 12.8 Å². The van der Waals surface area contributed by atoms with E-state index < -0.39 is 8.03 Å². The first kappa shape index (κ1) is 15.1. The van der Waals surface area contributed by atoms with Crippen LogP contribution in [0.25, 0.3) is 0 Å². The topological polar surface area (TPSA) is 26.3 Å². The lowest BCUT2D eigenvalue weighted by Gasteiger charge is -1.94. The van der Waals surface area contributed by atoms with Crippen LogP contribution < -0.4 is 0 Å². The van der Waals surface area contributed by atoms with Gasteiger partial charge in [0.1, 0.15) is 6.61 Å². The third kappa shape index (κ3) is 12.0. The van der Waals surface area contributed by atoms with Crippen molar-refractivity contribution in [2.24, 2.45) is 0 Å². The minimum Gasteiger partial charge on any atom is -0.146 e. The van der Waals surface area contributed by atoms with E-state index in [1.807, 2.05) is 0 Å². The zero-order valence-electron chi connectivity index (χ0n) is 10.3. The van der Waals surface area contributed by atoms with Crippen LogP contribution in [0, 0.1) is 0 Å². The van der Waals surface area contributed by atoms with Gasteiger partial charge in [-0.05, 0) is 23.8 Å². The summed E-state index contributed by atoms with van der Waals surface area (Å²) in [5.41, 5.74) is 0. The summed E-state index contributed by atoms with van der Waals surface area (Å²) in [6, 6.07) is 0. The Hall–Kier alpha value is 0.0600. The van der Waals surface area contributed by atoms with Crippen molar-refractivity contribution >= 4 is 8.03 Å². The van der Waals surface area contributed by atoms with Gasteiger partial charge in [0.15, 0.2) is 6.16 Å². The molecule has 0 amide bonds. The first-order valence-corrected chi connectivity index (χ1v) is 7.75. The fourth-order valence-electron chi connectivity index (χ4n) is 1.43. The maximum Gasteiger partial charge on any atom is 0.508 e. The van der Waals surface area contributed by atoms with E-state index in [0.717, 1.165) is 19.0 Å². The van der Waals surface area contributed by atoms with Crippen molar-refractivity contribution in [1.29, 1.82) is 0 Å². The Kier molecular flexibility index (Phi) is 12.2. The average Bonchev–Trinajstić information content (AvgIpc) is 2.24. The Morgan fingerprint density at radius 1 is 0.867 bits per heavy atom. The van der Waals surface area contributed by atoms with E-state index in [4.69, 9.17) is 4.52 Å². The summed E-state index contributed by atoms with van der Waals surface area (Å²) in [6.45, 7) is 5.06. The first-order valence-electron chi connectivity index (χ1n) is 6.38. The quantitative estimate of drug-likeness (QED) is 0.374. The summed E-state index contributed by atoms with van der Waals surface area (Å²) in [7, 11) is -1.37. The van der Waals surface area contributed by atoms with Crippen LogP contribution in [0.3, 0.4) is 0 Å². The third-order valence-corrected chi connectivity index (χ3v) is 3.58. The Morgan fingerprint density at radius 2 is 1.47 bits per heavy atom. The number of unbranched alkanes of at least 4 members (excludes halogenated alkanes) is 6. The number of hydrogen-bond donors (Lipinski definition) is 0. The molecule has 1 unspecified atom stereocenters. The average molecular weight is 233 g/mol. The van der Waals surface area contributed by atoms with Gasteiger partial charge in [0.05, 0.1) is 0 Å². The molecule has 1 atom stereocenters. The summed E-state index contributed by atoms with van der Waals surface area (Å²) in [5, 5.41) is 0. The minimum atomic E-state index is -1.37. The first-order chi connectivity index (χ1) is 7.31. The number of rotatable bonds is 11. The predicted molar refractivity (Wildman–Crippen MR) is 66.7 cm³/mol. The fourth-order valence-corrected chi connectivity index (χ4v) is 2.37. The molecule has 15 heavy (non-hydrogen) atoms. The monoisotopic (exact) mass is 233 g/mol. The van der Waals surface area contributed by atoms with Gasteiger partial charge in [0, 0.05) is 0 Å². The highest BCUT2D eigenvalue weighted by molar-refractivity contribution is 7.39. The van der Waals surface area contributed by atoms with Crippen LogP contribution in [0.5, 0.6) is 0 Å². The molecular formula is C12H26O2P+. The molecule has 0 radical (unpaired) electrons. The SMILES string of the molecule is CCCCCCO[P+](=O)CCCCCC. The normalized spacial score (nSPS) is 11.7. The van der Waals surface area contributed by atoms with Gasteiger partial charge in [-0.15, -0.1) is 4.52 Å². The molecule has 0 aliphatic rings. The van der Waals surface area contributed by atoms with E-state index in [0.29, 0.717) is 6.61 Å². The molecule has 0 aromatic heterocycles. The zero-order chi connectivity index (χ0) is 11.4. The van der Waals surface area contributed by atoms with Gasteiger partial charge in [-0.1, -0.05) is 46.0 Å². The Morgan fingerprint density at radius 3 is 2.07 bits per heavy atom. The van der Waals surface area contributed by atoms with E-state index >= 15 is 0 Å². The standard InChI is InChI=1S/C12H26O2P/c1-3-5-7-9-11-14-15(13)12-10-8-6-4-2/h3-12H2,1-2H3/q+1. The maximum absolute atomic E-state index is 11.4. The smallest absolute Gasteiger partial charge is 0.146 e. The molecule has 0 heterocycles. The molecule has 2 nitrogen and oxygen atoms in total. The Balaban J connectivity index is 3.11. The highest BCUT2D eigenvalue weighted by Crippen LogP contribution is 2.24. The Labute approximate surface area is 95.7 Å². The van der Waals surface area contributed by atoms with E-state index in [1.165, 1.54) is 38.5 Å². The van der Waals surface area contributed by atoms with Gasteiger partial charge in [0.2, 0.25) is 0 Å². The van der Waals surface area contributed by atoms with Crippen molar-refractivity contribution in [3.8, 4) is 0 Å². The number of hydrogen-bond acceptors (Lipinski definition) is 2. The molecule has 0 aromatic rings. The lowest BCUT2D eigenvalue weighted by atomic mass is 10.2. The molecule has 0 aromatic carbocycles. The van der Waals surface area contributed by atoms with Crippen LogP contribution in [0.2, 0.25) is 0 Å². The van der Waals surface area contributed by atoms with Gasteiger partial charge in [-0.25, -0.2) is 0 Å². The molecule has 0 rings (SSSR count). The fraction of sp³-hybridized carbons (Fsp3) is 1.00. The summed E-state index contributed by atoms with van der Waals surface area (Å²) in [4.78, 5) is 0. The van der Waals surface area contributed by atoms with Gasteiger partial charge in [-0.3, -0.25) is 0 Å². The van der Waals surface area contributed by atoms with E-state index in [2.05, 4.69) is 13.8 Å². The summed E-state index contributed by atoms with van der Waals surface area (Å²) < 4.78 is 16.6. The van der Waals surface area contributed by atoms with Gasteiger partial charge in [-0.2, -0.15) is 0 Å². The lowest BCUT2D eigenvalue weighted by Crippen LogP contribution is -1.89. The second-order valence-corrected chi connectivity index (χ2v) is 5.38. The highest BCUT2D eigenvalue weighted by Gasteiger charge is 2.15. The molecule has 0 N–H and O–H groups in total. The summed E-state index contributed by atoms with van der Waals surface area (Å²) in [5.74, 6) is 0. The van der Waals surface area contributed by atoms with Crippen molar-refractivity contribution in [3.05, 3.63) is 0 Å². The van der Waals surface area contributed by atoms with Crippen molar-refractivity contribution in [2.45, 2.75) is 65.2 Å². The lowest BCUT2D eigenvalue weighted by molar-refractivity contribution is 0.316. The molecule has 0 saturated carbocycles. The summed E-state index contributed by atoms with van der Waals surface area (Å²) >= 11 is 0. The van der Waals surface area contributed by atoms with Gasteiger partial charge < -0.3 is 0 Å². The molecule has 0 fully saturated rings. The second kappa shape index (κ2) is 12.1. The van der Waals surface area contributed by atoms with E-state index in [9.17, 15) is 4.57 Å². The summed E-state index contributed by atoms with van der Waals surface area (Å²) in [6.07, 6.45) is 10.2. The van der Waals surface area contributed by atoms with Crippen molar-refractivity contribution in [3.63, 3.8) is 0 Å². The van der Waals surface area contributed by atoms with Crippen molar-refractivity contribution < 1.29 is 9.09 Å². The zero-order valence-corrected chi connectivity index (χ0v) is 11.2. The maximum atomic E-state index is 11.4. The van der Waals surface area contributed by atoms with Crippen LogP contribution in [0.15, 0.2) is 0 Å². The molecule has 0 saturated heterocycles. The molecule has 0 spiro atoms. The van der Waals surface area contributed by atoms with E-state index in [1.54, 1.807) is 0 Å². The molecular weight excluding hydrogens is 207 g/mol. The van der Waals surface area contributed by atoms with Gasteiger partial charge in [0.25, 0.3) is 0 Å². The van der Waals surface area contributed by atoms with Crippen molar-refractivity contribution in [1.82, 2.24) is 0 Å². The molecule has 0 aliphatic heterocycles. The van der Waals surface area contributed by atoms with Crippen molar-refractivity contribution in [2.75, 3.05) is 12.8 Å².